The number of nitrogens with one attached hydrogen (secondary N) is 1. The molecule has 2 aromatic rings. The van der Waals surface area contributed by atoms with Gasteiger partial charge in [0.25, 0.3) is 0 Å². The van der Waals surface area contributed by atoms with Crippen molar-refractivity contribution in [3.05, 3.63) is 35.3 Å². The van der Waals surface area contributed by atoms with E-state index in [-0.39, 0.29) is 11.7 Å². The van der Waals surface area contributed by atoms with Gasteiger partial charge in [0.05, 0.1) is 7.11 Å². The van der Waals surface area contributed by atoms with Crippen LogP contribution in [0.2, 0.25) is 0 Å². The van der Waals surface area contributed by atoms with Crippen LogP contribution in [0.4, 0.5) is 10.2 Å². The molecule has 0 bridgehead atoms. The van der Waals surface area contributed by atoms with Gasteiger partial charge in [-0.15, -0.1) is 0 Å². The van der Waals surface area contributed by atoms with E-state index in [4.69, 9.17) is 10.6 Å². The molecule has 0 spiro atoms. The second-order valence-corrected chi connectivity index (χ2v) is 5.04. The summed E-state index contributed by atoms with van der Waals surface area (Å²) >= 11 is 0. The second kappa shape index (κ2) is 6.05. The highest BCUT2D eigenvalue weighted by atomic mass is 19.1. The SMILES string of the molecule is COc1cc(-c2nc(C)c(C(C)C)c(NN)n2)ccc1F. The summed E-state index contributed by atoms with van der Waals surface area (Å²) in [5, 5.41) is 0. The zero-order valence-electron chi connectivity index (χ0n) is 12.6. The molecule has 0 saturated carbocycles. The van der Waals surface area contributed by atoms with Crippen LogP contribution in [0.15, 0.2) is 18.2 Å². The Labute approximate surface area is 123 Å². The summed E-state index contributed by atoms with van der Waals surface area (Å²) in [6, 6.07) is 4.51. The third-order valence-electron chi connectivity index (χ3n) is 3.26. The molecule has 112 valence electrons. The van der Waals surface area contributed by atoms with Gasteiger partial charge in [0.15, 0.2) is 17.4 Å². The smallest absolute Gasteiger partial charge is 0.165 e. The lowest BCUT2D eigenvalue weighted by atomic mass is 10.0. The standard InChI is InChI=1S/C15H19FN4O/c1-8(2)13-9(3)18-14(19-15(13)20-17)10-5-6-11(16)12(7-10)21-4/h5-8H,17H2,1-4H3,(H,18,19,20). The predicted molar refractivity (Wildman–Crippen MR) is 80.6 cm³/mol. The van der Waals surface area contributed by atoms with Gasteiger partial charge in [0.1, 0.15) is 5.82 Å². The highest BCUT2D eigenvalue weighted by Gasteiger charge is 2.16. The van der Waals surface area contributed by atoms with Gasteiger partial charge in [-0.25, -0.2) is 20.2 Å². The van der Waals surface area contributed by atoms with Crippen molar-refractivity contribution >= 4 is 5.82 Å². The Morgan fingerprint density at radius 3 is 2.57 bits per heavy atom. The van der Waals surface area contributed by atoms with Crippen molar-refractivity contribution in [2.45, 2.75) is 26.7 Å². The molecule has 0 saturated heterocycles. The molecule has 0 fully saturated rings. The van der Waals surface area contributed by atoms with Crippen molar-refractivity contribution < 1.29 is 9.13 Å². The number of methoxy groups -OCH3 is 1. The minimum atomic E-state index is -0.422. The van der Waals surface area contributed by atoms with E-state index in [0.29, 0.717) is 17.2 Å². The van der Waals surface area contributed by atoms with Crippen LogP contribution in [-0.4, -0.2) is 17.1 Å². The Morgan fingerprint density at radius 2 is 2.00 bits per heavy atom. The average Bonchev–Trinajstić information content (AvgIpc) is 2.46. The van der Waals surface area contributed by atoms with E-state index in [1.165, 1.54) is 13.2 Å². The molecule has 0 aliphatic heterocycles. The van der Waals surface area contributed by atoms with Crippen LogP contribution in [0, 0.1) is 12.7 Å². The fourth-order valence-electron chi connectivity index (χ4n) is 2.31. The zero-order valence-corrected chi connectivity index (χ0v) is 12.6. The number of aryl methyl sites for hydroxylation is 1. The van der Waals surface area contributed by atoms with E-state index < -0.39 is 5.82 Å². The molecule has 0 radical (unpaired) electrons. The van der Waals surface area contributed by atoms with E-state index in [2.05, 4.69) is 15.4 Å². The number of ether oxygens (including phenoxy) is 1. The lowest BCUT2D eigenvalue weighted by Crippen LogP contribution is -2.14. The van der Waals surface area contributed by atoms with Crippen LogP contribution in [-0.2, 0) is 0 Å². The molecule has 0 amide bonds. The first-order valence-corrected chi connectivity index (χ1v) is 6.67. The number of benzene rings is 1. The largest absolute Gasteiger partial charge is 0.494 e. The van der Waals surface area contributed by atoms with Gasteiger partial charge in [-0.2, -0.15) is 0 Å². The van der Waals surface area contributed by atoms with Crippen LogP contribution >= 0.6 is 0 Å². The first kappa shape index (κ1) is 15.2. The summed E-state index contributed by atoms with van der Waals surface area (Å²) < 4.78 is 18.5. The minimum Gasteiger partial charge on any atom is -0.494 e. The number of halogens is 1. The van der Waals surface area contributed by atoms with Crippen LogP contribution in [0.25, 0.3) is 11.4 Å². The third kappa shape index (κ3) is 2.95. The highest BCUT2D eigenvalue weighted by molar-refractivity contribution is 5.62. The van der Waals surface area contributed by atoms with Crippen LogP contribution in [0.3, 0.4) is 0 Å². The normalized spacial score (nSPS) is 10.8. The highest BCUT2D eigenvalue weighted by Crippen LogP contribution is 2.29. The molecule has 1 aromatic carbocycles. The molecule has 1 aromatic heterocycles. The summed E-state index contributed by atoms with van der Waals surface area (Å²) in [5.74, 6) is 6.59. The topological polar surface area (TPSA) is 73.1 Å². The fraction of sp³-hybridized carbons (Fsp3) is 0.333. The molecule has 5 nitrogen and oxygen atoms in total. The number of nitrogens with zero attached hydrogens (tertiary/aromatic N) is 2. The molecular weight excluding hydrogens is 271 g/mol. The number of aromatic nitrogens is 2. The van der Waals surface area contributed by atoms with Crippen molar-refractivity contribution in [2.24, 2.45) is 5.84 Å². The van der Waals surface area contributed by atoms with E-state index >= 15 is 0 Å². The van der Waals surface area contributed by atoms with Crippen LogP contribution in [0.5, 0.6) is 5.75 Å². The number of anilines is 1. The third-order valence-corrected chi connectivity index (χ3v) is 3.26. The van der Waals surface area contributed by atoms with E-state index in [0.717, 1.165) is 11.3 Å². The Hall–Kier alpha value is -2.21. The number of rotatable bonds is 4. The number of nitrogens with two attached hydrogens (primary N) is 1. The first-order valence-electron chi connectivity index (χ1n) is 6.67. The maximum Gasteiger partial charge on any atom is 0.165 e. The predicted octanol–water partition coefficient (Wildman–Crippen LogP) is 3.01. The summed E-state index contributed by atoms with van der Waals surface area (Å²) in [6.45, 7) is 6.00. The Kier molecular flexibility index (Phi) is 4.37. The van der Waals surface area contributed by atoms with Crippen molar-refractivity contribution in [1.82, 2.24) is 9.97 Å². The van der Waals surface area contributed by atoms with E-state index in [1.807, 2.05) is 20.8 Å². The Morgan fingerprint density at radius 1 is 1.29 bits per heavy atom. The monoisotopic (exact) mass is 290 g/mol. The van der Waals surface area contributed by atoms with E-state index in [9.17, 15) is 4.39 Å². The Bertz CT molecular complexity index is 658. The van der Waals surface area contributed by atoms with Gasteiger partial charge in [-0.1, -0.05) is 13.8 Å². The minimum absolute atomic E-state index is 0.156. The second-order valence-electron chi connectivity index (χ2n) is 5.04. The fourth-order valence-corrected chi connectivity index (χ4v) is 2.31. The van der Waals surface area contributed by atoms with Crippen LogP contribution in [0.1, 0.15) is 31.0 Å². The van der Waals surface area contributed by atoms with Crippen molar-refractivity contribution in [3.8, 4) is 17.1 Å². The number of hydrazine groups is 1. The van der Waals surface area contributed by atoms with Gasteiger partial charge in [0, 0.05) is 16.8 Å². The summed E-state index contributed by atoms with van der Waals surface area (Å²) in [6.07, 6.45) is 0. The summed E-state index contributed by atoms with van der Waals surface area (Å²) in [7, 11) is 1.42. The number of hydrogen-bond acceptors (Lipinski definition) is 5. The molecular formula is C15H19FN4O. The van der Waals surface area contributed by atoms with Crippen LogP contribution < -0.4 is 16.0 Å². The molecule has 3 N–H and O–H groups in total. The number of hydrogen-bond donors (Lipinski definition) is 2. The molecule has 2 rings (SSSR count). The van der Waals surface area contributed by atoms with Gasteiger partial charge in [-0.3, -0.25) is 0 Å². The molecule has 0 aliphatic rings. The van der Waals surface area contributed by atoms with E-state index in [1.54, 1.807) is 12.1 Å². The van der Waals surface area contributed by atoms with Gasteiger partial charge in [-0.05, 0) is 31.0 Å². The van der Waals surface area contributed by atoms with Gasteiger partial charge < -0.3 is 10.2 Å². The maximum absolute atomic E-state index is 13.5. The van der Waals surface area contributed by atoms with Crippen molar-refractivity contribution in [3.63, 3.8) is 0 Å². The lowest BCUT2D eigenvalue weighted by Gasteiger charge is -2.15. The Balaban J connectivity index is 2.57. The average molecular weight is 290 g/mol. The van der Waals surface area contributed by atoms with Gasteiger partial charge in [0.2, 0.25) is 0 Å². The van der Waals surface area contributed by atoms with Crippen molar-refractivity contribution in [2.75, 3.05) is 12.5 Å². The molecule has 21 heavy (non-hydrogen) atoms. The summed E-state index contributed by atoms with van der Waals surface area (Å²) in [5.41, 5.74) is 5.09. The first-order chi connectivity index (χ1) is 9.97. The molecule has 1 heterocycles. The summed E-state index contributed by atoms with van der Waals surface area (Å²) in [4.78, 5) is 8.92. The molecule has 0 unspecified atom stereocenters. The maximum atomic E-state index is 13.5. The zero-order chi connectivity index (χ0) is 15.6. The molecule has 0 aliphatic carbocycles. The molecule has 6 heteroatoms. The number of nitrogen functional groups attached to an aromatic ring is 1. The lowest BCUT2D eigenvalue weighted by molar-refractivity contribution is 0.387. The quantitative estimate of drug-likeness (QED) is 0.669. The van der Waals surface area contributed by atoms with Crippen molar-refractivity contribution in [1.29, 1.82) is 0 Å². The van der Waals surface area contributed by atoms with Gasteiger partial charge >= 0.3 is 0 Å². The molecule has 0 atom stereocenters.